The first kappa shape index (κ1) is 22.9. The van der Waals surface area contributed by atoms with Crippen LogP contribution in [0.2, 0.25) is 0 Å². The minimum Gasteiger partial charge on any atom is -0.489 e. The molecule has 0 atom stereocenters. The number of carbonyl (C=O) groups is 2. The van der Waals surface area contributed by atoms with Gasteiger partial charge >= 0.3 is 0 Å². The molecular formula is C28H21N7O3. The standard InChI is InChI=1S/C28H21N7O3/c36-25(34-27-29-10-11-30-27)21-13-20(38-16-17-6-2-1-3-7-17)14-22-24(21)33-28(32-22)35-26(37)23-12-18-8-4-5-9-19(18)15-31-23/h1-15H,16H2,(H2,29,30,34,36)(H2,32,33,35,37). The Bertz CT molecular complexity index is 1760. The van der Waals surface area contributed by atoms with Crippen LogP contribution in [0.3, 0.4) is 0 Å². The van der Waals surface area contributed by atoms with E-state index in [0.717, 1.165) is 16.3 Å². The van der Waals surface area contributed by atoms with Crippen LogP contribution in [0.4, 0.5) is 11.9 Å². The van der Waals surface area contributed by atoms with Crippen molar-refractivity contribution in [1.82, 2.24) is 24.9 Å². The van der Waals surface area contributed by atoms with E-state index in [1.807, 2.05) is 54.6 Å². The molecule has 0 aliphatic rings. The first-order valence-corrected chi connectivity index (χ1v) is 11.8. The third-order valence-corrected chi connectivity index (χ3v) is 5.89. The zero-order valence-electron chi connectivity index (χ0n) is 19.9. The largest absolute Gasteiger partial charge is 0.489 e. The van der Waals surface area contributed by atoms with Crippen LogP contribution in [0.15, 0.2) is 91.4 Å². The Hall–Kier alpha value is -5.51. The maximum Gasteiger partial charge on any atom is 0.276 e. The van der Waals surface area contributed by atoms with E-state index in [9.17, 15) is 9.59 Å². The number of H-pyrrole nitrogens is 2. The van der Waals surface area contributed by atoms with Gasteiger partial charge in [0.15, 0.2) is 0 Å². The lowest BCUT2D eigenvalue weighted by molar-refractivity contribution is 0.101. The third kappa shape index (κ3) is 4.78. The molecule has 3 aromatic heterocycles. The highest BCUT2D eigenvalue weighted by molar-refractivity contribution is 6.12. The molecule has 0 bridgehead atoms. The van der Waals surface area contributed by atoms with Crippen LogP contribution in [0.25, 0.3) is 21.8 Å². The molecule has 0 aliphatic carbocycles. The average molecular weight is 504 g/mol. The molecular weight excluding hydrogens is 482 g/mol. The fourth-order valence-electron chi connectivity index (χ4n) is 4.04. The molecule has 0 radical (unpaired) electrons. The average Bonchev–Trinajstić information content (AvgIpc) is 3.61. The number of carbonyl (C=O) groups excluding carboxylic acids is 2. The third-order valence-electron chi connectivity index (χ3n) is 5.89. The number of amides is 2. The molecule has 0 spiro atoms. The van der Waals surface area contributed by atoms with E-state index >= 15 is 0 Å². The van der Waals surface area contributed by atoms with Gasteiger partial charge in [0.05, 0.1) is 16.6 Å². The number of nitrogens with zero attached hydrogens (tertiary/aromatic N) is 3. The number of hydrogen-bond acceptors (Lipinski definition) is 6. The Kier molecular flexibility index (Phi) is 5.95. The Morgan fingerprint density at radius 2 is 1.63 bits per heavy atom. The summed E-state index contributed by atoms with van der Waals surface area (Å²) in [6, 6.07) is 22.4. The quantitative estimate of drug-likeness (QED) is 0.244. The summed E-state index contributed by atoms with van der Waals surface area (Å²) in [6.45, 7) is 0.313. The van der Waals surface area contributed by atoms with Gasteiger partial charge in [0.1, 0.15) is 18.1 Å². The number of ether oxygens (including phenoxy) is 1. The number of aromatic amines is 2. The molecule has 2 amide bonds. The minimum absolute atomic E-state index is 0.173. The number of hydrogen-bond donors (Lipinski definition) is 4. The lowest BCUT2D eigenvalue weighted by atomic mass is 10.1. The van der Waals surface area contributed by atoms with Gasteiger partial charge < -0.3 is 14.7 Å². The zero-order valence-corrected chi connectivity index (χ0v) is 19.9. The molecule has 38 heavy (non-hydrogen) atoms. The Morgan fingerprint density at radius 3 is 2.45 bits per heavy atom. The zero-order chi connectivity index (χ0) is 25.9. The molecule has 3 aromatic carbocycles. The molecule has 10 heteroatoms. The fraction of sp³-hybridized carbons (Fsp3) is 0.0357. The Morgan fingerprint density at radius 1 is 0.842 bits per heavy atom. The van der Waals surface area contributed by atoms with Crippen molar-refractivity contribution >= 4 is 45.5 Å². The summed E-state index contributed by atoms with van der Waals surface area (Å²) in [5.41, 5.74) is 2.38. The summed E-state index contributed by atoms with van der Waals surface area (Å²) in [4.78, 5) is 44.8. The van der Waals surface area contributed by atoms with E-state index in [-0.39, 0.29) is 17.2 Å². The summed E-state index contributed by atoms with van der Waals surface area (Å²) in [5, 5.41) is 7.29. The second kappa shape index (κ2) is 9.86. The van der Waals surface area contributed by atoms with Crippen LogP contribution < -0.4 is 15.4 Å². The van der Waals surface area contributed by atoms with Gasteiger partial charge in [-0.2, -0.15) is 0 Å². The molecule has 6 rings (SSSR count). The molecule has 0 saturated heterocycles. The molecule has 4 N–H and O–H groups in total. The predicted molar refractivity (Wildman–Crippen MR) is 143 cm³/mol. The van der Waals surface area contributed by atoms with Crippen LogP contribution in [0, 0.1) is 0 Å². The minimum atomic E-state index is -0.433. The van der Waals surface area contributed by atoms with Gasteiger partial charge in [0.25, 0.3) is 11.8 Å². The number of fused-ring (bicyclic) bond motifs is 2. The van der Waals surface area contributed by atoms with Crippen LogP contribution in [-0.2, 0) is 6.61 Å². The van der Waals surface area contributed by atoms with Gasteiger partial charge in [-0.05, 0) is 23.1 Å². The van der Waals surface area contributed by atoms with Crippen molar-refractivity contribution < 1.29 is 14.3 Å². The first-order valence-electron chi connectivity index (χ1n) is 11.8. The number of anilines is 2. The van der Waals surface area contributed by atoms with Gasteiger partial charge in [0, 0.05) is 30.0 Å². The normalized spacial score (nSPS) is 10.9. The van der Waals surface area contributed by atoms with Crippen molar-refractivity contribution in [2.24, 2.45) is 0 Å². The van der Waals surface area contributed by atoms with Gasteiger partial charge in [0.2, 0.25) is 11.9 Å². The summed E-state index contributed by atoms with van der Waals surface area (Å²) >= 11 is 0. The predicted octanol–water partition coefficient (Wildman–Crippen LogP) is 4.92. The first-order chi connectivity index (χ1) is 18.6. The molecule has 0 saturated carbocycles. The Balaban J connectivity index is 1.31. The number of imidazole rings is 2. The van der Waals surface area contributed by atoms with Crippen molar-refractivity contribution in [2.75, 3.05) is 10.6 Å². The molecule has 6 aromatic rings. The van der Waals surface area contributed by atoms with Crippen molar-refractivity contribution in [1.29, 1.82) is 0 Å². The maximum absolute atomic E-state index is 13.2. The molecule has 0 unspecified atom stereocenters. The van der Waals surface area contributed by atoms with E-state index in [4.69, 9.17) is 4.74 Å². The number of rotatable bonds is 7. The van der Waals surface area contributed by atoms with E-state index in [1.54, 1.807) is 30.6 Å². The smallest absolute Gasteiger partial charge is 0.276 e. The molecule has 186 valence electrons. The van der Waals surface area contributed by atoms with Crippen LogP contribution in [0.1, 0.15) is 26.4 Å². The van der Waals surface area contributed by atoms with Crippen molar-refractivity contribution in [3.05, 3.63) is 108 Å². The second-order valence-electron chi connectivity index (χ2n) is 8.49. The lowest BCUT2D eigenvalue weighted by Gasteiger charge is -2.09. The summed E-state index contributed by atoms with van der Waals surface area (Å²) < 4.78 is 5.97. The SMILES string of the molecule is O=C(Nc1nc2cc(OCc3ccccc3)cc(C(=O)Nc3ncc[nH]3)c2[nH]1)c1cc2ccccc2cn1. The number of pyridine rings is 1. The summed E-state index contributed by atoms with van der Waals surface area (Å²) in [5.74, 6) is 0.0673. The molecule has 3 heterocycles. The number of benzene rings is 3. The highest BCUT2D eigenvalue weighted by Crippen LogP contribution is 2.27. The number of aromatic nitrogens is 5. The highest BCUT2D eigenvalue weighted by atomic mass is 16.5. The molecule has 0 aliphatic heterocycles. The fourth-order valence-corrected chi connectivity index (χ4v) is 4.04. The van der Waals surface area contributed by atoms with Crippen molar-refractivity contribution in [3.8, 4) is 5.75 Å². The van der Waals surface area contributed by atoms with Gasteiger partial charge in [-0.3, -0.25) is 25.2 Å². The van der Waals surface area contributed by atoms with E-state index in [1.165, 1.54) is 6.20 Å². The van der Waals surface area contributed by atoms with Crippen molar-refractivity contribution in [2.45, 2.75) is 6.61 Å². The van der Waals surface area contributed by atoms with Gasteiger partial charge in [-0.15, -0.1) is 0 Å². The van der Waals surface area contributed by atoms with E-state index < -0.39 is 11.8 Å². The molecule has 0 fully saturated rings. The van der Waals surface area contributed by atoms with E-state index in [2.05, 4.69) is 35.6 Å². The number of nitrogens with one attached hydrogen (secondary N) is 4. The van der Waals surface area contributed by atoms with Gasteiger partial charge in [-0.25, -0.2) is 9.97 Å². The topological polar surface area (TPSA) is 138 Å². The molecule has 10 nitrogen and oxygen atoms in total. The van der Waals surface area contributed by atoms with Crippen LogP contribution in [-0.4, -0.2) is 36.7 Å². The Labute approximate surface area is 216 Å². The van der Waals surface area contributed by atoms with Gasteiger partial charge in [-0.1, -0.05) is 54.6 Å². The highest BCUT2D eigenvalue weighted by Gasteiger charge is 2.19. The monoisotopic (exact) mass is 503 g/mol. The summed E-state index contributed by atoms with van der Waals surface area (Å²) in [6.07, 6.45) is 4.79. The summed E-state index contributed by atoms with van der Waals surface area (Å²) in [7, 11) is 0. The maximum atomic E-state index is 13.2. The van der Waals surface area contributed by atoms with E-state index in [0.29, 0.717) is 29.3 Å². The van der Waals surface area contributed by atoms with Crippen molar-refractivity contribution in [3.63, 3.8) is 0 Å². The second-order valence-corrected chi connectivity index (χ2v) is 8.49. The lowest BCUT2D eigenvalue weighted by Crippen LogP contribution is -2.15. The van der Waals surface area contributed by atoms with Crippen LogP contribution >= 0.6 is 0 Å². The van der Waals surface area contributed by atoms with Crippen LogP contribution in [0.5, 0.6) is 5.75 Å².